The van der Waals surface area contributed by atoms with Crippen LogP contribution in [0, 0.1) is 23.2 Å². The van der Waals surface area contributed by atoms with E-state index in [4.69, 9.17) is 18.9 Å². The summed E-state index contributed by atoms with van der Waals surface area (Å²) in [5.41, 5.74) is -3.65. The molecule has 0 saturated heterocycles. The van der Waals surface area contributed by atoms with Gasteiger partial charge in [-0.1, -0.05) is 50.8 Å². The number of benzene rings is 1. The quantitative estimate of drug-likeness (QED) is 0.295. The Hall–Kier alpha value is -4.12. The summed E-state index contributed by atoms with van der Waals surface area (Å²) in [5, 5.41) is 12.3. The SMILES string of the molecule is C=C1[C@@H](OC(C)=O)[C@@H]2[C@H](OC(=O)c3ccccc3)[C@H](C)C[C@@]2(O)C(=O)[C@H](C)/C=C/C(C)(C)C(=O)[C@@H](OC(C)=O)[C@@H]1OC(C)=O. The van der Waals surface area contributed by atoms with Crippen LogP contribution in [0.25, 0.3) is 0 Å². The molecule has 1 N–H and O–H groups in total. The first-order chi connectivity index (χ1) is 20.4. The van der Waals surface area contributed by atoms with Gasteiger partial charge in [0, 0.05) is 37.7 Å². The fourth-order valence-electron chi connectivity index (χ4n) is 5.99. The van der Waals surface area contributed by atoms with Crippen molar-refractivity contribution < 1.29 is 52.8 Å². The van der Waals surface area contributed by atoms with E-state index in [1.165, 1.54) is 45.1 Å². The van der Waals surface area contributed by atoms with Crippen LogP contribution in [-0.2, 0) is 42.9 Å². The summed E-state index contributed by atoms with van der Waals surface area (Å²) in [6.45, 7) is 13.5. The van der Waals surface area contributed by atoms with Crippen molar-refractivity contribution in [3.8, 4) is 0 Å². The largest absolute Gasteiger partial charge is 0.458 e. The van der Waals surface area contributed by atoms with Crippen LogP contribution < -0.4 is 0 Å². The molecular weight excluding hydrogens is 572 g/mol. The van der Waals surface area contributed by atoms with E-state index < -0.39 is 88.6 Å². The smallest absolute Gasteiger partial charge is 0.338 e. The summed E-state index contributed by atoms with van der Waals surface area (Å²) in [6.07, 6.45) is -3.59. The van der Waals surface area contributed by atoms with E-state index >= 15 is 0 Å². The third-order valence-electron chi connectivity index (χ3n) is 8.10. The minimum atomic E-state index is -2.24. The number of fused-ring (bicyclic) bond motifs is 1. The Bertz CT molecular complexity index is 1360. The van der Waals surface area contributed by atoms with Crippen LogP contribution in [-0.4, -0.2) is 70.6 Å². The summed E-state index contributed by atoms with van der Waals surface area (Å²) in [6, 6.07) is 8.05. The zero-order valence-electron chi connectivity index (χ0n) is 26.0. The van der Waals surface area contributed by atoms with E-state index in [0.717, 1.165) is 20.8 Å². The van der Waals surface area contributed by atoms with Crippen LogP contribution in [0.4, 0.5) is 0 Å². The van der Waals surface area contributed by atoms with Crippen LogP contribution in [0.3, 0.4) is 0 Å². The van der Waals surface area contributed by atoms with Gasteiger partial charge >= 0.3 is 23.9 Å². The number of ether oxygens (including phenoxy) is 4. The van der Waals surface area contributed by atoms with E-state index in [9.17, 15) is 33.9 Å². The second-order valence-corrected chi connectivity index (χ2v) is 12.1. The van der Waals surface area contributed by atoms with E-state index in [1.54, 1.807) is 25.1 Å². The number of allylic oxidation sites excluding steroid dienone is 2. The minimum absolute atomic E-state index is 0.180. The molecule has 0 aromatic heterocycles. The summed E-state index contributed by atoms with van der Waals surface area (Å²) in [7, 11) is 0. The molecule has 0 spiro atoms. The number of ketones is 2. The Balaban J connectivity index is 2.32. The maximum absolute atomic E-state index is 14.1. The first-order valence-corrected chi connectivity index (χ1v) is 14.4. The molecule has 0 bridgehead atoms. The van der Waals surface area contributed by atoms with Gasteiger partial charge in [0.15, 0.2) is 17.7 Å². The van der Waals surface area contributed by atoms with Crippen molar-refractivity contribution in [3.05, 3.63) is 60.2 Å². The van der Waals surface area contributed by atoms with Crippen molar-refractivity contribution in [1.29, 1.82) is 0 Å². The lowest BCUT2D eigenvalue weighted by Gasteiger charge is -2.41. The number of esters is 4. The van der Waals surface area contributed by atoms with Crippen LogP contribution in [0.5, 0.6) is 0 Å². The predicted molar refractivity (Wildman–Crippen MR) is 156 cm³/mol. The molecule has 0 heterocycles. The fraction of sp³-hybridized carbons (Fsp3) is 0.515. The summed E-state index contributed by atoms with van der Waals surface area (Å²) < 4.78 is 22.5. The maximum atomic E-state index is 14.1. The highest BCUT2D eigenvalue weighted by atomic mass is 16.6. The molecule has 3 rings (SSSR count). The van der Waals surface area contributed by atoms with Gasteiger partial charge in [0.25, 0.3) is 0 Å². The molecule has 0 radical (unpaired) electrons. The Morgan fingerprint density at radius 1 is 0.818 bits per heavy atom. The second kappa shape index (κ2) is 13.3. The van der Waals surface area contributed by atoms with Gasteiger partial charge in [-0.05, 0) is 38.3 Å². The van der Waals surface area contributed by atoms with Gasteiger partial charge in [0.05, 0.1) is 11.5 Å². The zero-order chi connectivity index (χ0) is 33.1. The molecule has 0 aliphatic heterocycles. The zero-order valence-corrected chi connectivity index (χ0v) is 26.0. The highest BCUT2D eigenvalue weighted by molar-refractivity contribution is 5.95. The highest BCUT2D eigenvalue weighted by Gasteiger charge is 2.63. The van der Waals surface area contributed by atoms with Crippen LogP contribution in [0.15, 0.2) is 54.6 Å². The molecule has 0 unspecified atom stereocenters. The first-order valence-electron chi connectivity index (χ1n) is 14.4. The fourth-order valence-corrected chi connectivity index (χ4v) is 5.99. The molecule has 8 atom stereocenters. The third kappa shape index (κ3) is 7.15. The van der Waals surface area contributed by atoms with Crippen molar-refractivity contribution in [2.45, 2.75) is 84.9 Å². The van der Waals surface area contributed by atoms with Gasteiger partial charge in [-0.3, -0.25) is 24.0 Å². The number of hydrogen-bond donors (Lipinski definition) is 1. The number of hydrogen-bond acceptors (Lipinski definition) is 11. The molecule has 44 heavy (non-hydrogen) atoms. The van der Waals surface area contributed by atoms with Crippen molar-refractivity contribution in [2.24, 2.45) is 23.2 Å². The number of carbonyl (C=O) groups excluding carboxylic acids is 6. The molecule has 1 saturated carbocycles. The standard InChI is InChI=1S/C33H40O11/c1-17-14-15-32(7,8)30(38)28(43-22(6)36)27(42-21(5)35)19(3)26(41-20(4)34)24-25(18(2)16-33(24,40)29(17)37)44-31(39)23-12-10-9-11-13-23/h9-15,17-18,24-28,40H,3,16H2,1-2,4-8H3/b15-14+/t17-,18-,24+,25-,26-,27-,28+,33+/m1/s1. The molecule has 2 aliphatic carbocycles. The van der Waals surface area contributed by atoms with Gasteiger partial charge in [-0.2, -0.15) is 0 Å². The minimum Gasteiger partial charge on any atom is -0.458 e. The van der Waals surface area contributed by atoms with Crippen molar-refractivity contribution in [3.63, 3.8) is 0 Å². The molecule has 1 fully saturated rings. The van der Waals surface area contributed by atoms with Crippen molar-refractivity contribution in [2.75, 3.05) is 0 Å². The summed E-state index contributed by atoms with van der Waals surface area (Å²) >= 11 is 0. The van der Waals surface area contributed by atoms with Gasteiger partial charge in [0.1, 0.15) is 17.8 Å². The molecule has 11 heteroatoms. The molecule has 238 valence electrons. The lowest BCUT2D eigenvalue weighted by Crippen LogP contribution is -2.56. The Morgan fingerprint density at radius 3 is 1.89 bits per heavy atom. The van der Waals surface area contributed by atoms with Crippen LogP contribution in [0.1, 0.15) is 65.2 Å². The maximum Gasteiger partial charge on any atom is 0.338 e. The monoisotopic (exact) mass is 612 g/mol. The first kappa shape index (κ1) is 34.4. The van der Waals surface area contributed by atoms with Gasteiger partial charge in [-0.15, -0.1) is 0 Å². The lowest BCUT2D eigenvalue weighted by molar-refractivity contribution is -0.174. The average molecular weight is 613 g/mol. The summed E-state index contributed by atoms with van der Waals surface area (Å²) in [5.74, 6) is -7.77. The van der Waals surface area contributed by atoms with Crippen molar-refractivity contribution in [1.82, 2.24) is 0 Å². The Labute approximate surface area is 256 Å². The highest BCUT2D eigenvalue weighted by Crippen LogP contribution is 2.49. The van der Waals surface area contributed by atoms with E-state index in [2.05, 4.69) is 6.58 Å². The predicted octanol–water partition coefficient (Wildman–Crippen LogP) is 3.32. The van der Waals surface area contributed by atoms with Crippen LogP contribution >= 0.6 is 0 Å². The lowest BCUT2D eigenvalue weighted by atomic mass is 9.72. The van der Waals surface area contributed by atoms with E-state index in [0.29, 0.717) is 0 Å². The third-order valence-corrected chi connectivity index (χ3v) is 8.10. The molecule has 2 aliphatic rings. The molecule has 1 aromatic carbocycles. The van der Waals surface area contributed by atoms with Gasteiger partial charge in [0.2, 0.25) is 6.10 Å². The molecule has 1 aromatic rings. The average Bonchev–Trinajstić information content (AvgIpc) is 3.20. The molecule has 11 nitrogen and oxygen atoms in total. The normalized spacial score (nSPS) is 32.7. The second-order valence-electron chi connectivity index (χ2n) is 12.1. The number of carbonyl (C=O) groups is 6. The Kier molecular flexibility index (Phi) is 10.4. The molecule has 0 amide bonds. The van der Waals surface area contributed by atoms with Crippen LogP contribution in [0.2, 0.25) is 0 Å². The van der Waals surface area contributed by atoms with Gasteiger partial charge < -0.3 is 24.1 Å². The number of Topliss-reactive ketones (excluding diaryl/α,β-unsaturated/α-hetero) is 2. The number of aliphatic hydroxyl groups is 1. The summed E-state index contributed by atoms with van der Waals surface area (Å²) in [4.78, 5) is 78.4. The van der Waals surface area contributed by atoms with E-state index in [-0.39, 0.29) is 17.6 Å². The van der Waals surface area contributed by atoms with E-state index in [1.807, 2.05) is 0 Å². The van der Waals surface area contributed by atoms with Crippen molar-refractivity contribution >= 4 is 35.4 Å². The van der Waals surface area contributed by atoms with Gasteiger partial charge in [-0.25, -0.2) is 4.79 Å². The Morgan fingerprint density at radius 2 is 1.34 bits per heavy atom. The number of rotatable bonds is 5. The topological polar surface area (TPSA) is 160 Å². The molecular formula is C33H40O11.